The van der Waals surface area contributed by atoms with Crippen LogP contribution in [0.3, 0.4) is 0 Å². The number of nitrogens with one attached hydrogen (secondary N) is 1. The van der Waals surface area contributed by atoms with E-state index < -0.39 is 10.0 Å². The molecule has 1 heterocycles. The number of benzene rings is 1. The number of aromatic amines is 1. The third-order valence-electron chi connectivity index (χ3n) is 4.56. The van der Waals surface area contributed by atoms with Gasteiger partial charge in [0.25, 0.3) is 0 Å². The first kappa shape index (κ1) is 17.0. The number of ether oxygens (including phenoxy) is 1. The van der Waals surface area contributed by atoms with Gasteiger partial charge in [-0.25, -0.2) is 12.7 Å². The number of carbonyl (C=O) groups excluding carboxylic acids is 1. The molecule has 0 saturated carbocycles. The van der Waals surface area contributed by atoms with E-state index in [4.69, 9.17) is 4.74 Å². The van der Waals surface area contributed by atoms with Crippen LogP contribution in [0.4, 0.5) is 0 Å². The lowest BCUT2D eigenvalue weighted by atomic mass is 10.0. The lowest BCUT2D eigenvalue weighted by Crippen LogP contribution is -2.22. The van der Waals surface area contributed by atoms with Gasteiger partial charge in [-0.3, -0.25) is 4.79 Å². The third kappa shape index (κ3) is 2.82. The van der Waals surface area contributed by atoms with Gasteiger partial charge < -0.3 is 9.72 Å². The minimum Gasteiger partial charge on any atom is -0.466 e. The maximum absolute atomic E-state index is 12.3. The predicted molar refractivity (Wildman–Crippen MR) is 91.5 cm³/mol. The Balaban J connectivity index is 1.98. The Morgan fingerprint density at radius 1 is 1.38 bits per heavy atom. The number of aryl methyl sites for hydroxylation is 1. The Labute approximate surface area is 141 Å². The minimum atomic E-state index is -3.46. The van der Waals surface area contributed by atoms with E-state index in [2.05, 4.69) is 4.98 Å². The number of carbonyl (C=O) groups is 1. The zero-order valence-electron chi connectivity index (χ0n) is 14.1. The molecule has 3 rings (SSSR count). The maximum Gasteiger partial charge on any atom is 0.306 e. The smallest absolute Gasteiger partial charge is 0.306 e. The van der Waals surface area contributed by atoms with E-state index in [1.54, 1.807) is 25.1 Å². The summed E-state index contributed by atoms with van der Waals surface area (Å²) in [7, 11) is -0.410. The van der Waals surface area contributed by atoms with Crippen molar-refractivity contribution in [3.63, 3.8) is 0 Å². The maximum atomic E-state index is 12.3. The fourth-order valence-corrected chi connectivity index (χ4v) is 4.25. The molecule has 1 N–H and O–H groups in total. The summed E-state index contributed by atoms with van der Waals surface area (Å²) < 4.78 is 30.9. The Morgan fingerprint density at radius 2 is 2.12 bits per heavy atom. The predicted octanol–water partition coefficient (Wildman–Crippen LogP) is 2.40. The molecular weight excluding hydrogens is 328 g/mol. The molecule has 6 nitrogen and oxygen atoms in total. The molecule has 0 bridgehead atoms. The average Bonchev–Trinajstić information content (AvgIpc) is 3.07. The number of rotatable bonds is 5. The zero-order chi connectivity index (χ0) is 17.5. The highest BCUT2D eigenvalue weighted by Crippen LogP contribution is 2.40. The van der Waals surface area contributed by atoms with Crippen molar-refractivity contribution in [1.82, 2.24) is 9.29 Å². The number of aromatic nitrogens is 1. The van der Waals surface area contributed by atoms with E-state index >= 15 is 0 Å². The van der Waals surface area contributed by atoms with E-state index in [1.165, 1.54) is 18.4 Å². The summed E-state index contributed by atoms with van der Waals surface area (Å²) in [5.74, 6) is -0.0785. The van der Waals surface area contributed by atoms with E-state index in [0.29, 0.717) is 13.0 Å². The van der Waals surface area contributed by atoms with Crippen molar-refractivity contribution in [2.45, 2.75) is 37.0 Å². The van der Waals surface area contributed by atoms with Crippen molar-refractivity contribution in [2.24, 2.45) is 0 Å². The summed E-state index contributed by atoms with van der Waals surface area (Å²) >= 11 is 0. The Bertz CT molecular complexity index is 883. The van der Waals surface area contributed by atoms with Gasteiger partial charge in [-0.2, -0.15) is 0 Å². The van der Waals surface area contributed by atoms with E-state index in [9.17, 15) is 13.2 Å². The summed E-state index contributed by atoms with van der Waals surface area (Å²) in [5.41, 5.74) is 3.07. The van der Waals surface area contributed by atoms with Crippen LogP contribution in [-0.2, 0) is 26.0 Å². The first-order valence-electron chi connectivity index (χ1n) is 8.07. The molecule has 0 spiro atoms. The number of esters is 1. The molecule has 1 atom stereocenters. The van der Waals surface area contributed by atoms with Gasteiger partial charge in [0.05, 0.1) is 17.9 Å². The van der Waals surface area contributed by atoms with Crippen LogP contribution in [0, 0.1) is 0 Å². The van der Waals surface area contributed by atoms with Gasteiger partial charge in [-0.15, -0.1) is 0 Å². The largest absolute Gasteiger partial charge is 0.466 e. The number of nitrogens with zero attached hydrogens (tertiary/aromatic N) is 1. The molecule has 0 amide bonds. The molecule has 0 fully saturated rings. The molecule has 24 heavy (non-hydrogen) atoms. The molecule has 130 valence electrons. The number of hydrogen-bond acceptors (Lipinski definition) is 4. The van der Waals surface area contributed by atoms with Crippen LogP contribution in [0.25, 0.3) is 10.9 Å². The number of hydrogen-bond donors (Lipinski definition) is 1. The lowest BCUT2D eigenvalue weighted by Gasteiger charge is -2.11. The number of fused-ring (bicyclic) bond motifs is 3. The van der Waals surface area contributed by atoms with Crippen molar-refractivity contribution in [1.29, 1.82) is 0 Å². The second kappa shape index (κ2) is 6.22. The molecule has 0 saturated heterocycles. The average molecular weight is 350 g/mol. The Morgan fingerprint density at radius 3 is 2.79 bits per heavy atom. The minimum absolute atomic E-state index is 0.111. The molecule has 0 radical (unpaired) electrons. The van der Waals surface area contributed by atoms with E-state index in [0.717, 1.165) is 35.0 Å². The van der Waals surface area contributed by atoms with Gasteiger partial charge >= 0.3 is 5.97 Å². The molecular formula is C17H22N2O4S. The van der Waals surface area contributed by atoms with Crippen LogP contribution < -0.4 is 0 Å². The first-order chi connectivity index (χ1) is 11.3. The van der Waals surface area contributed by atoms with E-state index in [-0.39, 0.29) is 16.8 Å². The van der Waals surface area contributed by atoms with Crippen LogP contribution in [0.1, 0.15) is 36.9 Å². The van der Waals surface area contributed by atoms with Gasteiger partial charge in [-0.1, -0.05) is 0 Å². The molecule has 1 unspecified atom stereocenters. The molecule has 1 aliphatic rings. The zero-order valence-corrected chi connectivity index (χ0v) is 14.9. The van der Waals surface area contributed by atoms with Crippen molar-refractivity contribution in [2.75, 3.05) is 20.7 Å². The van der Waals surface area contributed by atoms with Crippen molar-refractivity contribution in [3.05, 3.63) is 29.5 Å². The second-order valence-corrected chi connectivity index (χ2v) is 8.41. The molecule has 1 aromatic carbocycles. The van der Waals surface area contributed by atoms with Gasteiger partial charge in [-0.05, 0) is 43.5 Å². The molecule has 0 aliphatic heterocycles. The summed E-state index contributed by atoms with van der Waals surface area (Å²) in [6.07, 6.45) is 2.07. The van der Waals surface area contributed by atoms with Crippen molar-refractivity contribution in [3.8, 4) is 0 Å². The Kier molecular flexibility index (Phi) is 4.40. The van der Waals surface area contributed by atoms with E-state index in [1.807, 2.05) is 0 Å². The summed E-state index contributed by atoms with van der Waals surface area (Å²) in [5, 5.41) is 0.930. The molecule has 1 aliphatic carbocycles. The topological polar surface area (TPSA) is 79.5 Å². The molecule has 7 heteroatoms. The lowest BCUT2D eigenvalue weighted by molar-refractivity contribution is -0.143. The standard InChI is InChI=1S/C17H22N2O4S/c1-4-23-16(20)9-11-5-7-13-14-10-12(24(21,22)19(2)3)6-8-15(14)18-17(11)13/h6,8,10-11,18H,4-5,7,9H2,1-3H3. The third-order valence-corrected chi connectivity index (χ3v) is 6.37. The highest BCUT2D eigenvalue weighted by molar-refractivity contribution is 7.89. The van der Waals surface area contributed by atoms with Crippen LogP contribution in [0.2, 0.25) is 0 Å². The van der Waals surface area contributed by atoms with Crippen molar-refractivity contribution >= 4 is 26.9 Å². The number of H-pyrrole nitrogens is 1. The molecule has 1 aromatic heterocycles. The Hall–Kier alpha value is -1.86. The van der Waals surface area contributed by atoms with Gasteiger partial charge in [0, 0.05) is 36.6 Å². The highest BCUT2D eigenvalue weighted by Gasteiger charge is 2.29. The monoisotopic (exact) mass is 350 g/mol. The first-order valence-corrected chi connectivity index (χ1v) is 9.51. The van der Waals surface area contributed by atoms with Crippen LogP contribution in [0.5, 0.6) is 0 Å². The SMILES string of the molecule is CCOC(=O)CC1CCc2c1[nH]c1ccc(S(=O)(=O)N(C)C)cc21. The van der Waals surface area contributed by atoms with Crippen LogP contribution >= 0.6 is 0 Å². The summed E-state index contributed by atoms with van der Waals surface area (Å²) in [6.45, 7) is 2.19. The molecule has 2 aromatic rings. The van der Waals surface area contributed by atoms with Gasteiger partial charge in [0.15, 0.2) is 0 Å². The van der Waals surface area contributed by atoms with Crippen LogP contribution in [0.15, 0.2) is 23.1 Å². The highest BCUT2D eigenvalue weighted by atomic mass is 32.2. The summed E-state index contributed by atoms with van der Waals surface area (Å²) in [4.78, 5) is 15.4. The van der Waals surface area contributed by atoms with Gasteiger partial charge in [0.1, 0.15) is 0 Å². The van der Waals surface area contributed by atoms with Crippen molar-refractivity contribution < 1.29 is 17.9 Å². The fraction of sp³-hybridized carbons (Fsp3) is 0.471. The normalized spacial score (nSPS) is 17.4. The summed E-state index contributed by atoms with van der Waals surface area (Å²) in [6, 6.07) is 5.14. The second-order valence-electron chi connectivity index (χ2n) is 6.26. The van der Waals surface area contributed by atoms with Crippen LogP contribution in [-0.4, -0.2) is 44.4 Å². The number of sulfonamides is 1. The quantitative estimate of drug-likeness (QED) is 0.840. The van der Waals surface area contributed by atoms with Gasteiger partial charge in [0.2, 0.25) is 10.0 Å². The fourth-order valence-electron chi connectivity index (χ4n) is 3.32.